The predicted molar refractivity (Wildman–Crippen MR) is 69.0 cm³/mol. The fourth-order valence-corrected chi connectivity index (χ4v) is 1.65. The first kappa shape index (κ1) is 14.0. The normalized spacial score (nSPS) is 10.2. The summed E-state index contributed by atoms with van der Waals surface area (Å²) in [6.07, 6.45) is 0. The Bertz CT molecular complexity index is 636. The molecule has 0 aromatic heterocycles. The third-order valence-corrected chi connectivity index (χ3v) is 2.76. The first-order chi connectivity index (χ1) is 9.52. The van der Waals surface area contributed by atoms with Gasteiger partial charge in [0.1, 0.15) is 28.7 Å². The van der Waals surface area contributed by atoms with Crippen molar-refractivity contribution in [2.45, 2.75) is 6.92 Å². The SMILES string of the molecule is COc1ccc(OC(=O)c2c(F)ccc(C)c2F)cc1. The molecule has 2 rings (SSSR count). The monoisotopic (exact) mass is 278 g/mol. The number of rotatable bonds is 3. The molecule has 0 spiro atoms. The van der Waals surface area contributed by atoms with E-state index in [1.807, 2.05) is 0 Å². The van der Waals surface area contributed by atoms with E-state index in [-0.39, 0.29) is 11.3 Å². The molecule has 0 unspecified atom stereocenters. The lowest BCUT2D eigenvalue weighted by molar-refractivity contribution is 0.0724. The molecule has 5 heteroatoms. The van der Waals surface area contributed by atoms with Gasteiger partial charge >= 0.3 is 5.97 Å². The van der Waals surface area contributed by atoms with E-state index in [2.05, 4.69) is 0 Å². The fourth-order valence-electron chi connectivity index (χ4n) is 1.65. The molecule has 0 saturated heterocycles. The first-order valence-corrected chi connectivity index (χ1v) is 5.83. The molecule has 0 saturated carbocycles. The maximum atomic E-state index is 13.8. The minimum atomic E-state index is -1.08. The first-order valence-electron chi connectivity index (χ1n) is 5.83. The van der Waals surface area contributed by atoms with Crippen molar-refractivity contribution in [3.8, 4) is 11.5 Å². The number of carbonyl (C=O) groups is 1. The number of aryl methyl sites for hydroxylation is 1. The highest BCUT2D eigenvalue weighted by atomic mass is 19.1. The largest absolute Gasteiger partial charge is 0.497 e. The summed E-state index contributed by atoms with van der Waals surface area (Å²) >= 11 is 0. The highest BCUT2D eigenvalue weighted by Crippen LogP contribution is 2.21. The molecule has 0 atom stereocenters. The Morgan fingerprint density at radius 3 is 2.20 bits per heavy atom. The lowest BCUT2D eigenvalue weighted by atomic mass is 10.1. The van der Waals surface area contributed by atoms with Crippen molar-refractivity contribution in [1.82, 2.24) is 0 Å². The molecule has 20 heavy (non-hydrogen) atoms. The maximum Gasteiger partial charge on any atom is 0.349 e. The van der Waals surface area contributed by atoms with Crippen LogP contribution in [0.2, 0.25) is 0 Å². The zero-order valence-electron chi connectivity index (χ0n) is 10.9. The second-order valence-electron chi connectivity index (χ2n) is 4.12. The summed E-state index contributed by atoms with van der Waals surface area (Å²) in [7, 11) is 1.50. The maximum absolute atomic E-state index is 13.8. The Labute approximate surface area is 114 Å². The van der Waals surface area contributed by atoms with Crippen LogP contribution in [0.15, 0.2) is 36.4 Å². The number of esters is 1. The third-order valence-electron chi connectivity index (χ3n) is 2.76. The molecule has 104 valence electrons. The summed E-state index contributed by atoms with van der Waals surface area (Å²) in [5, 5.41) is 0. The molecular formula is C15H12F2O3. The van der Waals surface area contributed by atoms with E-state index in [1.165, 1.54) is 32.2 Å². The highest BCUT2D eigenvalue weighted by molar-refractivity contribution is 5.91. The Hall–Kier alpha value is -2.43. The van der Waals surface area contributed by atoms with Gasteiger partial charge in [-0.05, 0) is 42.8 Å². The van der Waals surface area contributed by atoms with E-state index in [1.54, 1.807) is 12.1 Å². The van der Waals surface area contributed by atoms with E-state index in [4.69, 9.17) is 9.47 Å². The molecule has 0 fully saturated rings. The van der Waals surface area contributed by atoms with E-state index >= 15 is 0 Å². The average molecular weight is 278 g/mol. The highest BCUT2D eigenvalue weighted by Gasteiger charge is 2.21. The summed E-state index contributed by atoms with van der Waals surface area (Å²) in [6.45, 7) is 1.44. The minimum Gasteiger partial charge on any atom is -0.497 e. The zero-order valence-corrected chi connectivity index (χ0v) is 10.9. The summed E-state index contributed by atoms with van der Waals surface area (Å²) in [5.41, 5.74) is -0.520. The molecule has 0 aliphatic carbocycles. The Kier molecular flexibility index (Phi) is 3.98. The van der Waals surface area contributed by atoms with Crippen LogP contribution in [0.25, 0.3) is 0 Å². The van der Waals surface area contributed by atoms with Gasteiger partial charge in [0.2, 0.25) is 0 Å². The lowest BCUT2D eigenvalue weighted by Crippen LogP contribution is -2.14. The fraction of sp³-hybridized carbons (Fsp3) is 0.133. The van der Waals surface area contributed by atoms with Crippen molar-refractivity contribution in [2.24, 2.45) is 0 Å². The number of methoxy groups -OCH3 is 1. The van der Waals surface area contributed by atoms with Crippen molar-refractivity contribution in [2.75, 3.05) is 7.11 Å². The van der Waals surface area contributed by atoms with E-state index in [0.717, 1.165) is 6.07 Å². The van der Waals surface area contributed by atoms with Gasteiger partial charge in [-0.2, -0.15) is 0 Å². The molecule has 0 bridgehead atoms. The van der Waals surface area contributed by atoms with Crippen LogP contribution in [0.1, 0.15) is 15.9 Å². The molecule has 0 aliphatic heterocycles. The van der Waals surface area contributed by atoms with Crippen LogP contribution >= 0.6 is 0 Å². The van der Waals surface area contributed by atoms with Crippen molar-refractivity contribution in [3.63, 3.8) is 0 Å². The van der Waals surface area contributed by atoms with Gasteiger partial charge in [0.15, 0.2) is 0 Å². The summed E-state index contributed by atoms with van der Waals surface area (Å²) in [6, 6.07) is 8.39. The summed E-state index contributed by atoms with van der Waals surface area (Å²) in [4.78, 5) is 11.8. The number of hydrogen-bond donors (Lipinski definition) is 0. The van der Waals surface area contributed by atoms with Crippen LogP contribution in [-0.4, -0.2) is 13.1 Å². The molecule has 0 radical (unpaired) electrons. The van der Waals surface area contributed by atoms with Gasteiger partial charge in [-0.3, -0.25) is 0 Å². The second kappa shape index (κ2) is 5.69. The van der Waals surface area contributed by atoms with Gasteiger partial charge in [-0.1, -0.05) is 6.07 Å². The number of benzene rings is 2. The molecular weight excluding hydrogens is 266 g/mol. The number of hydrogen-bond acceptors (Lipinski definition) is 3. The van der Waals surface area contributed by atoms with Gasteiger partial charge < -0.3 is 9.47 Å². The van der Waals surface area contributed by atoms with Gasteiger partial charge in [0.25, 0.3) is 0 Å². The third kappa shape index (κ3) is 2.77. The lowest BCUT2D eigenvalue weighted by Gasteiger charge is -2.08. The van der Waals surface area contributed by atoms with Gasteiger partial charge in [-0.15, -0.1) is 0 Å². The van der Waals surface area contributed by atoms with Crippen LogP contribution in [-0.2, 0) is 0 Å². The van der Waals surface area contributed by atoms with Crippen molar-refractivity contribution in [3.05, 3.63) is 59.2 Å². The van der Waals surface area contributed by atoms with Gasteiger partial charge in [0, 0.05) is 0 Å². The molecule has 0 amide bonds. The second-order valence-corrected chi connectivity index (χ2v) is 4.12. The van der Waals surface area contributed by atoms with Crippen LogP contribution in [0, 0.1) is 18.6 Å². The molecule has 2 aromatic rings. The van der Waals surface area contributed by atoms with Gasteiger partial charge in [0.05, 0.1) is 7.11 Å². The standard InChI is InChI=1S/C15H12F2O3/c1-9-3-8-12(16)13(14(9)17)15(18)20-11-6-4-10(19-2)5-7-11/h3-8H,1-2H3. The smallest absolute Gasteiger partial charge is 0.349 e. The van der Waals surface area contributed by atoms with Crippen LogP contribution in [0.4, 0.5) is 8.78 Å². The summed E-state index contributed by atoms with van der Waals surface area (Å²) in [5.74, 6) is -2.18. The van der Waals surface area contributed by atoms with Crippen molar-refractivity contribution in [1.29, 1.82) is 0 Å². The number of carbonyl (C=O) groups excluding carboxylic acids is 1. The van der Waals surface area contributed by atoms with E-state index in [0.29, 0.717) is 5.75 Å². The molecule has 3 nitrogen and oxygen atoms in total. The Balaban J connectivity index is 2.26. The Morgan fingerprint density at radius 2 is 1.60 bits per heavy atom. The number of halogens is 2. The molecule has 0 heterocycles. The predicted octanol–water partition coefficient (Wildman–Crippen LogP) is 3.50. The van der Waals surface area contributed by atoms with E-state index in [9.17, 15) is 13.6 Å². The van der Waals surface area contributed by atoms with Crippen LogP contribution in [0.5, 0.6) is 11.5 Å². The van der Waals surface area contributed by atoms with Crippen LogP contribution < -0.4 is 9.47 Å². The molecule has 2 aromatic carbocycles. The van der Waals surface area contributed by atoms with Crippen LogP contribution in [0.3, 0.4) is 0 Å². The zero-order chi connectivity index (χ0) is 14.7. The topological polar surface area (TPSA) is 35.5 Å². The average Bonchev–Trinajstić information content (AvgIpc) is 2.44. The van der Waals surface area contributed by atoms with E-state index < -0.39 is 23.2 Å². The quantitative estimate of drug-likeness (QED) is 0.636. The molecule has 0 N–H and O–H groups in total. The molecule has 0 aliphatic rings. The van der Waals surface area contributed by atoms with Gasteiger partial charge in [-0.25, -0.2) is 13.6 Å². The van der Waals surface area contributed by atoms with Crippen molar-refractivity contribution < 1.29 is 23.0 Å². The number of ether oxygens (including phenoxy) is 2. The summed E-state index contributed by atoms with van der Waals surface area (Å²) < 4.78 is 37.2. The Morgan fingerprint density at radius 1 is 1.00 bits per heavy atom. The minimum absolute atomic E-state index is 0.174. The van der Waals surface area contributed by atoms with Crippen molar-refractivity contribution >= 4 is 5.97 Å².